The summed E-state index contributed by atoms with van der Waals surface area (Å²) in [4.78, 5) is 26.2. The highest BCUT2D eigenvalue weighted by atomic mass is 16.3. The molecule has 1 fully saturated rings. The van der Waals surface area contributed by atoms with Crippen molar-refractivity contribution in [3.05, 3.63) is 0 Å². The van der Waals surface area contributed by atoms with E-state index in [1.807, 2.05) is 0 Å². The van der Waals surface area contributed by atoms with E-state index in [9.17, 15) is 9.59 Å². The van der Waals surface area contributed by atoms with E-state index < -0.39 is 6.04 Å². The fourth-order valence-electron chi connectivity index (χ4n) is 1.81. The van der Waals surface area contributed by atoms with Crippen molar-refractivity contribution in [2.45, 2.75) is 19.4 Å². The first-order valence-corrected chi connectivity index (χ1v) is 5.08. The van der Waals surface area contributed by atoms with E-state index in [4.69, 9.17) is 5.11 Å². The highest BCUT2D eigenvalue weighted by molar-refractivity contribution is 5.88. The second-order valence-electron chi connectivity index (χ2n) is 4.21. The lowest BCUT2D eigenvalue weighted by atomic mass is 10.1. The minimum atomic E-state index is -0.427. The van der Waals surface area contributed by atoms with Gasteiger partial charge in [0.2, 0.25) is 11.8 Å². The Hall–Kier alpha value is -1.10. The Balaban J connectivity index is 2.65. The van der Waals surface area contributed by atoms with Crippen molar-refractivity contribution in [3.8, 4) is 0 Å². The van der Waals surface area contributed by atoms with Crippen molar-refractivity contribution < 1.29 is 14.7 Å². The third-order valence-electron chi connectivity index (χ3n) is 2.76. The van der Waals surface area contributed by atoms with Gasteiger partial charge in [0.05, 0.1) is 0 Å². The molecule has 0 aromatic rings. The summed E-state index contributed by atoms with van der Waals surface area (Å²) in [5, 5.41) is 8.96. The lowest BCUT2D eigenvalue weighted by Crippen LogP contribution is -2.45. The number of aliphatic hydroxyl groups excluding tert-OH is 1. The zero-order valence-corrected chi connectivity index (χ0v) is 9.43. The Morgan fingerprint density at radius 1 is 1.67 bits per heavy atom. The Morgan fingerprint density at radius 3 is 2.67 bits per heavy atom. The van der Waals surface area contributed by atoms with Crippen molar-refractivity contribution in [1.82, 2.24) is 9.80 Å². The lowest BCUT2D eigenvalue weighted by Gasteiger charge is -2.26. The van der Waals surface area contributed by atoms with Crippen LogP contribution in [0.2, 0.25) is 0 Å². The smallest absolute Gasteiger partial charge is 0.244 e. The summed E-state index contributed by atoms with van der Waals surface area (Å²) >= 11 is 0. The number of likely N-dealkylation sites (tertiary alicyclic amines) is 1. The Morgan fingerprint density at radius 2 is 2.27 bits per heavy atom. The van der Waals surface area contributed by atoms with Crippen LogP contribution in [0.1, 0.15) is 13.3 Å². The highest BCUT2D eigenvalue weighted by Gasteiger charge is 2.35. The quantitative estimate of drug-likeness (QED) is 0.676. The molecule has 0 aromatic heterocycles. The first-order chi connectivity index (χ1) is 6.97. The van der Waals surface area contributed by atoms with E-state index >= 15 is 0 Å². The Bertz CT molecular complexity index is 265. The molecule has 0 spiro atoms. The van der Waals surface area contributed by atoms with Crippen molar-refractivity contribution in [1.29, 1.82) is 0 Å². The van der Waals surface area contributed by atoms with Gasteiger partial charge in [-0.25, -0.2) is 0 Å². The Kier molecular flexibility index (Phi) is 3.68. The van der Waals surface area contributed by atoms with E-state index in [2.05, 4.69) is 0 Å². The van der Waals surface area contributed by atoms with Crippen molar-refractivity contribution >= 4 is 11.8 Å². The number of hydrogen-bond donors (Lipinski definition) is 1. The van der Waals surface area contributed by atoms with Gasteiger partial charge in [0.15, 0.2) is 0 Å². The minimum Gasteiger partial charge on any atom is -0.396 e. The molecule has 0 aromatic carbocycles. The second kappa shape index (κ2) is 4.61. The van der Waals surface area contributed by atoms with Crippen molar-refractivity contribution in [2.24, 2.45) is 5.92 Å². The van der Waals surface area contributed by atoms with E-state index in [0.29, 0.717) is 13.0 Å². The molecule has 2 amide bonds. The predicted molar refractivity (Wildman–Crippen MR) is 55.1 cm³/mol. The molecular weight excluding hydrogens is 196 g/mol. The number of rotatable bonds is 3. The normalized spacial score (nSPS) is 23.1. The average Bonchev–Trinajstić information content (AvgIpc) is 2.57. The van der Waals surface area contributed by atoms with Crippen LogP contribution >= 0.6 is 0 Å². The molecule has 1 N–H and O–H groups in total. The highest BCUT2D eigenvalue weighted by Crippen LogP contribution is 2.20. The standard InChI is InChI=1S/C10H18N2O3/c1-7(10(15)11(2)3)12-5-8(6-13)4-9(12)14/h7-8,13H,4-6H2,1-3H3. The van der Waals surface area contributed by atoms with Crippen LogP contribution in [0, 0.1) is 5.92 Å². The van der Waals surface area contributed by atoms with Gasteiger partial charge in [0, 0.05) is 39.6 Å². The first kappa shape index (κ1) is 12.0. The zero-order chi connectivity index (χ0) is 11.6. The number of aliphatic hydroxyl groups is 1. The molecule has 0 bridgehead atoms. The molecular formula is C10H18N2O3. The van der Waals surface area contributed by atoms with Crippen LogP contribution in [0.25, 0.3) is 0 Å². The molecule has 5 nitrogen and oxygen atoms in total. The molecule has 2 unspecified atom stereocenters. The molecule has 1 heterocycles. The molecule has 2 atom stereocenters. The van der Waals surface area contributed by atoms with Gasteiger partial charge in [-0.3, -0.25) is 9.59 Å². The fraction of sp³-hybridized carbons (Fsp3) is 0.800. The minimum absolute atomic E-state index is 0.00507. The van der Waals surface area contributed by atoms with Gasteiger partial charge in [-0.1, -0.05) is 0 Å². The number of carbonyl (C=O) groups is 2. The number of carbonyl (C=O) groups excluding carboxylic acids is 2. The van der Waals surface area contributed by atoms with Crippen LogP contribution in [0.5, 0.6) is 0 Å². The third kappa shape index (κ3) is 2.47. The topological polar surface area (TPSA) is 60.9 Å². The third-order valence-corrected chi connectivity index (χ3v) is 2.76. The summed E-state index contributed by atoms with van der Waals surface area (Å²) in [5.41, 5.74) is 0. The van der Waals surface area contributed by atoms with Gasteiger partial charge >= 0.3 is 0 Å². The van der Waals surface area contributed by atoms with E-state index in [1.165, 1.54) is 4.90 Å². The predicted octanol–water partition coefficient (Wildman–Crippen LogP) is -0.696. The maximum absolute atomic E-state index is 11.6. The monoisotopic (exact) mass is 214 g/mol. The molecule has 1 saturated heterocycles. The first-order valence-electron chi connectivity index (χ1n) is 5.08. The fourth-order valence-corrected chi connectivity index (χ4v) is 1.81. The van der Waals surface area contributed by atoms with Crippen LogP contribution in [-0.4, -0.2) is 60.0 Å². The van der Waals surface area contributed by atoms with E-state index in [1.54, 1.807) is 25.9 Å². The lowest BCUT2D eigenvalue weighted by molar-refractivity contribution is -0.141. The summed E-state index contributed by atoms with van der Waals surface area (Å²) < 4.78 is 0. The molecule has 1 rings (SSSR count). The summed E-state index contributed by atoms with van der Waals surface area (Å²) in [6.07, 6.45) is 0.349. The van der Waals surface area contributed by atoms with Crippen molar-refractivity contribution in [3.63, 3.8) is 0 Å². The Labute approximate surface area is 89.7 Å². The van der Waals surface area contributed by atoms with Crippen molar-refractivity contribution in [2.75, 3.05) is 27.2 Å². The summed E-state index contributed by atoms with van der Waals surface area (Å²) in [7, 11) is 3.34. The van der Waals surface area contributed by atoms with Gasteiger partial charge in [0.25, 0.3) is 0 Å². The molecule has 86 valence electrons. The van der Waals surface area contributed by atoms with Crippen LogP contribution in [0.4, 0.5) is 0 Å². The van der Waals surface area contributed by atoms with Gasteiger partial charge in [-0.15, -0.1) is 0 Å². The van der Waals surface area contributed by atoms with Crippen LogP contribution in [0.3, 0.4) is 0 Å². The van der Waals surface area contributed by atoms with Crippen LogP contribution < -0.4 is 0 Å². The van der Waals surface area contributed by atoms with Gasteiger partial charge < -0.3 is 14.9 Å². The second-order valence-corrected chi connectivity index (χ2v) is 4.21. The molecule has 1 aliphatic rings. The van der Waals surface area contributed by atoms with Gasteiger partial charge in [0.1, 0.15) is 6.04 Å². The van der Waals surface area contributed by atoms with Crippen LogP contribution in [-0.2, 0) is 9.59 Å². The molecule has 0 saturated carbocycles. The molecule has 15 heavy (non-hydrogen) atoms. The number of hydrogen-bond acceptors (Lipinski definition) is 3. The number of likely N-dealkylation sites (N-methyl/N-ethyl adjacent to an activating group) is 1. The average molecular weight is 214 g/mol. The summed E-state index contributed by atoms with van der Waals surface area (Å²) in [6, 6.07) is -0.427. The molecule has 1 aliphatic heterocycles. The van der Waals surface area contributed by atoms with Crippen LogP contribution in [0.15, 0.2) is 0 Å². The molecule has 5 heteroatoms. The molecule has 0 aliphatic carbocycles. The van der Waals surface area contributed by atoms with Gasteiger partial charge in [-0.2, -0.15) is 0 Å². The van der Waals surface area contributed by atoms with E-state index in [-0.39, 0.29) is 24.3 Å². The number of amides is 2. The number of nitrogens with zero attached hydrogens (tertiary/aromatic N) is 2. The zero-order valence-electron chi connectivity index (χ0n) is 9.43. The largest absolute Gasteiger partial charge is 0.396 e. The molecule has 0 radical (unpaired) electrons. The van der Waals surface area contributed by atoms with Gasteiger partial charge in [-0.05, 0) is 6.92 Å². The summed E-state index contributed by atoms with van der Waals surface area (Å²) in [5.74, 6) is -0.145. The SMILES string of the molecule is CC(C(=O)N(C)C)N1CC(CO)CC1=O. The van der Waals surface area contributed by atoms with E-state index in [0.717, 1.165) is 0 Å². The maximum Gasteiger partial charge on any atom is 0.244 e. The maximum atomic E-state index is 11.6. The summed E-state index contributed by atoms with van der Waals surface area (Å²) in [6.45, 7) is 2.21.